The summed E-state index contributed by atoms with van der Waals surface area (Å²) in [6, 6.07) is 3.13. The fraction of sp³-hybridized carbons (Fsp3) is 0.312. The molecule has 2 heterocycles. The monoisotopic (exact) mass is 332 g/mol. The minimum Gasteiger partial charge on any atom is -0.298 e. The summed E-state index contributed by atoms with van der Waals surface area (Å²) in [6.45, 7) is 8.06. The van der Waals surface area contributed by atoms with Crippen LogP contribution in [-0.2, 0) is 6.54 Å². The quantitative estimate of drug-likeness (QED) is 0.793. The lowest BCUT2D eigenvalue weighted by molar-refractivity contribution is 0.102. The Bertz CT molecular complexity index is 874. The summed E-state index contributed by atoms with van der Waals surface area (Å²) in [5.74, 6) is -0.508. The zero-order valence-corrected chi connectivity index (χ0v) is 14.2. The van der Waals surface area contributed by atoms with E-state index in [4.69, 9.17) is 0 Å². The fourth-order valence-corrected chi connectivity index (χ4v) is 3.47. The van der Waals surface area contributed by atoms with Gasteiger partial charge in [0, 0.05) is 12.2 Å². The lowest BCUT2D eigenvalue weighted by Gasteiger charge is -2.02. The van der Waals surface area contributed by atoms with Gasteiger partial charge in [0.25, 0.3) is 5.91 Å². The Morgan fingerprint density at radius 2 is 2.09 bits per heavy atom. The van der Waals surface area contributed by atoms with E-state index in [-0.39, 0.29) is 11.7 Å². The van der Waals surface area contributed by atoms with E-state index in [1.54, 1.807) is 17.7 Å². The summed E-state index contributed by atoms with van der Waals surface area (Å²) in [5.41, 5.74) is 3.29. The standard InChI is InChI=1S/C16H17FN4OS/c1-5-21-10(4)14(9(3)20-21)15(22)19-16-18-12-6-8(2)11(17)7-13(12)23-16/h6-7H,5H2,1-4H3,(H,18,19,22). The van der Waals surface area contributed by atoms with Gasteiger partial charge in [-0.15, -0.1) is 0 Å². The molecule has 3 aromatic rings. The van der Waals surface area contributed by atoms with Gasteiger partial charge in [-0.2, -0.15) is 5.10 Å². The third kappa shape index (κ3) is 2.72. The molecule has 0 spiro atoms. The van der Waals surface area contributed by atoms with Crippen molar-refractivity contribution in [2.75, 3.05) is 5.32 Å². The molecule has 0 unspecified atom stereocenters. The van der Waals surface area contributed by atoms with Crippen LogP contribution in [-0.4, -0.2) is 20.7 Å². The van der Waals surface area contributed by atoms with E-state index in [0.29, 0.717) is 38.7 Å². The Kier molecular flexibility index (Phi) is 3.89. The van der Waals surface area contributed by atoms with Gasteiger partial charge in [-0.1, -0.05) is 11.3 Å². The Morgan fingerprint density at radius 1 is 1.35 bits per heavy atom. The van der Waals surface area contributed by atoms with Crippen molar-refractivity contribution in [1.82, 2.24) is 14.8 Å². The summed E-state index contributed by atoms with van der Waals surface area (Å²) < 4.78 is 16.1. The number of benzene rings is 1. The van der Waals surface area contributed by atoms with Crippen LogP contribution >= 0.6 is 11.3 Å². The van der Waals surface area contributed by atoms with Gasteiger partial charge in [0.05, 0.1) is 21.5 Å². The molecule has 0 atom stereocenters. The number of rotatable bonds is 3. The number of hydrogen-bond donors (Lipinski definition) is 1. The largest absolute Gasteiger partial charge is 0.298 e. The van der Waals surface area contributed by atoms with Crippen LogP contribution in [0.5, 0.6) is 0 Å². The number of aromatic nitrogens is 3. The van der Waals surface area contributed by atoms with E-state index >= 15 is 0 Å². The van der Waals surface area contributed by atoms with Crippen LogP contribution in [0.2, 0.25) is 0 Å². The van der Waals surface area contributed by atoms with Gasteiger partial charge < -0.3 is 0 Å². The predicted molar refractivity (Wildman–Crippen MR) is 89.6 cm³/mol. The summed E-state index contributed by atoms with van der Waals surface area (Å²) in [4.78, 5) is 16.9. The highest BCUT2D eigenvalue weighted by Crippen LogP contribution is 2.28. The maximum atomic E-state index is 13.6. The molecule has 0 saturated carbocycles. The lowest BCUT2D eigenvalue weighted by atomic mass is 10.2. The molecule has 0 aliphatic rings. The van der Waals surface area contributed by atoms with Gasteiger partial charge in [0.15, 0.2) is 5.13 Å². The molecule has 0 radical (unpaired) electrons. The molecule has 0 aliphatic heterocycles. The smallest absolute Gasteiger partial charge is 0.261 e. The van der Waals surface area contributed by atoms with Crippen molar-refractivity contribution < 1.29 is 9.18 Å². The highest BCUT2D eigenvalue weighted by Gasteiger charge is 2.19. The highest BCUT2D eigenvalue weighted by atomic mass is 32.1. The predicted octanol–water partition coefficient (Wildman–Crippen LogP) is 3.83. The van der Waals surface area contributed by atoms with Crippen LogP contribution in [0.25, 0.3) is 10.2 Å². The number of hydrogen-bond acceptors (Lipinski definition) is 4. The van der Waals surface area contributed by atoms with Crippen LogP contribution in [0.1, 0.15) is 34.2 Å². The van der Waals surface area contributed by atoms with Crippen molar-refractivity contribution in [3.05, 3.63) is 40.5 Å². The average molecular weight is 332 g/mol. The number of anilines is 1. The number of carbonyl (C=O) groups excluding carboxylic acids is 1. The molecule has 0 bridgehead atoms. The Morgan fingerprint density at radius 3 is 2.74 bits per heavy atom. The number of thiazole rings is 1. The number of amides is 1. The molecule has 23 heavy (non-hydrogen) atoms. The number of nitrogens with zero attached hydrogens (tertiary/aromatic N) is 3. The van der Waals surface area contributed by atoms with E-state index in [0.717, 1.165) is 5.69 Å². The van der Waals surface area contributed by atoms with Crippen LogP contribution in [0.15, 0.2) is 12.1 Å². The van der Waals surface area contributed by atoms with Crippen molar-refractivity contribution in [2.24, 2.45) is 0 Å². The molecule has 120 valence electrons. The van der Waals surface area contributed by atoms with E-state index in [9.17, 15) is 9.18 Å². The molecule has 0 saturated heterocycles. The van der Waals surface area contributed by atoms with Gasteiger partial charge in [-0.25, -0.2) is 9.37 Å². The molecule has 1 N–H and O–H groups in total. The van der Waals surface area contributed by atoms with Crippen LogP contribution in [0.3, 0.4) is 0 Å². The number of nitrogens with one attached hydrogen (secondary N) is 1. The van der Waals surface area contributed by atoms with E-state index in [2.05, 4.69) is 15.4 Å². The first-order valence-corrected chi connectivity index (χ1v) is 8.14. The second-order valence-corrected chi connectivity index (χ2v) is 6.43. The van der Waals surface area contributed by atoms with E-state index in [1.165, 1.54) is 17.4 Å². The molecular weight excluding hydrogens is 315 g/mol. The second-order valence-electron chi connectivity index (χ2n) is 5.40. The molecule has 3 rings (SSSR count). The molecule has 0 fully saturated rings. The zero-order valence-electron chi connectivity index (χ0n) is 13.4. The minimum absolute atomic E-state index is 0.240. The average Bonchev–Trinajstić information content (AvgIpc) is 2.99. The van der Waals surface area contributed by atoms with Crippen molar-refractivity contribution in [2.45, 2.75) is 34.2 Å². The normalized spacial score (nSPS) is 11.2. The topological polar surface area (TPSA) is 59.8 Å². The second kappa shape index (κ2) is 5.73. The van der Waals surface area contributed by atoms with E-state index in [1.807, 2.05) is 20.8 Å². The van der Waals surface area contributed by atoms with E-state index < -0.39 is 0 Å². The van der Waals surface area contributed by atoms with Gasteiger partial charge in [-0.05, 0) is 45.4 Å². The molecule has 5 nitrogen and oxygen atoms in total. The first-order chi connectivity index (χ1) is 10.9. The van der Waals surface area contributed by atoms with Crippen molar-refractivity contribution >= 4 is 32.6 Å². The summed E-state index contributed by atoms with van der Waals surface area (Å²) in [5, 5.41) is 7.60. The zero-order chi connectivity index (χ0) is 16.7. The first kappa shape index (κ1) is 15.6. The summed E-state index contributed by atoms with van der Waals surface area (Å²) in [7, 11) is 0. The van der Waals surface area contributed by atoms with Gasteiger partial charge in [0.2, 0.25) is 0 Å². The fourth-order valence-electron chi connectivity index (χ4n) is 2.60. The number of aryl methyl sites for hydroxylation is 3. The van der Waals surface area contributed by atoms with Crippen LogP contribution in [0, 0.1) is 26.6 Å². The van der Waals surface area contributed by atoms with Gasteiger partial charge in [-0.3, -0.25) is 14.8 Å². The van der Waals surface area contributed by atoms with Crippen LogP contribution in [0.4, 0.5) is 9.52 Å². The molecule has 2 aromatic heterocycles. The van der Waals surface area contributed by atoms with Gasteiger partial charge >= 0.3 is 0 Å². The van der Waals surface area contributed by atoms with Crippen molar-refractivity contribution in [1.29, 1.82) is 0 Å². The summed E-state index contributed by atoms with van der Waals surface area (Å²) in [6.07, 6.45) is 0. The van der Waals surface area contributed by atoms with Crippen molar-refractivity contribution in [3.63, 3.8) is 0 Å². The van der Waals surface area contributed by atoms with Crippen LogP contribution < -0.4 is 5.32 Å². The maximum Gasteiger partial charge on any atom is 0.261 e. The first-order valence-electron chi connectivity index (χ1n) is 7.32. The molecule has 7 heteroatoms. The SMILES string of the molecule is CCn1nc(C)c(C(=O)Nc2nc3cc(C)c(F)cc3s2)c1C. The Hall–Kier alpha value is -2.28. The minimum atomic E-state index is -0.269. The lowest BCUT2D eigenvalue weighted by Crippen LogP contribution is -2.14. The summed E-state index contributed by atoms with van der Waals surface area (Å²) >= 11 is 1.26. The number of carbonyl (C=O) groups is 1. The molecule has 0 aliphatic carbocycles. The highest BCUT2D eigenvalue weighted by molar-refractivity contribution is 7.22. The Balaban J connectivity index is 1.93. The number of halogens is 1. The third-order valence-electron chi connectivity index (χ3n) is 3.80. The Labute approximate surface area is 137 Å². The molecule has 1 aromatic carbocycles. The molecule has 1 amide bonds. The van der Waals surface area contributed by atoms with Crippen molar-refractivity contribution in [3.8, 4) is 0 Å². The molecular formula is C16H17FN4OS. The number of fused-ring (bicyclic) bond motifs is 1. The maximum absolute atomic E-state index is 13.6. The van der Waals surface area contributed by atoms with Gasteiger partial charge in [0.1, 0.15) is 5.82 Å². The third-order valence-corrected chi connectivity index (χ3v) is 4.73.